The smallest absolute Gasteiger partial charge is 0.328 e. The van der Waals surface area contributed by atoms with E-state index in [9.17, 15) is 4.79 Å². The van der Waals surface area contributed by atoms with E-state index in [4.69, 9.17) is 14.6 Å². The second-order valence-electron chi connectivity index (χ2n) is 4.30. The van der Waals surface area contributed by atoms with Crippen molar-refractivity contribution in [2.24, 2.45) is 5.92 Å². The number of carboxylic acid groups (broad SMARTS) is 1. The fraction of sp³-hybridized carbons (Fsp3) is 0.357. The Morgan fingerprint density at radius 2 is 2.28 bits per heavy atom. The van der Waals surface area contributed by atoms with Crippen LogP contribution in [0.15, 0.2) is 24.3 Å². The summed E-state index contributed by atoms with van der Waals surface area (Å²) in [4.78, 5) is 10.6. The van der Waals surface area contributed by atoms with E-state index < -0.39 is 5.97 Å². The Labute approximate surface area is 106 Å². The summed E-state index contributed by atoms with van der Waals surface area (Å²) < 4.78 is 11.0. The van der Waals surface area contributed by atoms with Crippen LogP contribution in [0.2, 0.25) is 0 Å². The van der Waals surface area contributed by atoms with Gasteiger partial charge in [-0.05, 0) is 30.9 Å². The van der Waals surface area contributed by atoms with Crippen molar-refractivity contribution in [2.75, 3.05) is 13.7 Å². The second-order valence-corrected chi connectivity index (χ2v) is 4.30. The molecule has 1 saturated carbocycles. The standard InChI is InChI=1S/C14H16O4/c1-17-12-4-2-3-11(7-8-13(15)16)14(12)18-9-10-5-6-10/h2-4,7-8,10H,5-6,9H2,1H3,(H,15,16)/b8-7+. The number of aliphatic carboxylic acids is 1. The van der Waals surface area contributed by atoms with Gasteiger partial charge in [-0.25, -0.2) is 4.79 Å². The molecule has 0 bridgehead atoms. The van der Waals surface area contributed by atoms with Gasteiger partial charge in [0.2, 0.25) is 0 Å². The van der Waals surface area contributed by atoms with Crippen molar-refractivity contribution in [3.63, 3.8) is 0 Å². The van der Waals surface area contributed by atoms with Crippen LogP contribution in [-0.2, 0) is 4.79 Å². The first-order valence-electron chi connectivity index (χ1n) is 5.91. The first-order valence-corrected chi connectivity index (χ1v) is 5.91. The predicted octanol–water partition coefficient (Wildman–Crippen LogP) is 2.58. The van der Waals surface area contributed by atoms with Crippen LogP contribution in [0.5, 0.6) is 11.5 Å². The van der Waals surface area contributed by atoms with Gasteiger partial charge >= 0.3 is 5.97 Å². The molecule has 0 atom stereocenters. The fourth-order valence-electron chi connectivity index (χ4n) is 1.63. The zero-order valence-corrected chi connectivity index (χ0v) is 10.3. The highest BCUT2D eigenvalue weighted by Gasteiger charge is 2.23. The topological polar surface area (TPSA) is 55.8 Å². The normalized spacial score (nSPS) is 14.7. The minimum atomic E-state index is -0.981. The Hall–Kier alpha value is -1.97. The lowest BCUT2D eigenvalue weighted by atomic mass is 10.1. The van der Waals surface area contributed by atoms with Gasteiger partial charge in [0.25, 0.3) is 0 Å². The minimum absolute atomic E-state index is 0.615. The van der Waals surface area contributed by atoms with Crippen molar-refractivity contribution in [3.8, 4) is 11.5 Å². The predicted molar refractivity (Wildman–Crippen MR) is 67.9 cm³/mol. The Bertz CT molecular complexity index is 461. The van der Waals surface area contributed by atoms with Gasteiger partial charge in [-0.3, -0.25) is 0 Å². The number of para-hydroxylation sites is 1. The van der Waals surface area contributed by atoms with Gasteiger partial charge in [-0.2, -0.15) is 0 Å². The number of hydrogen-bond acceptors (Lipinski definition) is 3. The molecule has 1 aliphatic carbocycles. The van der Waals surface area contributed by atoms with E-state index in [-0.39, 0.29) is 0 Å². The molecule has 1 fully saturated rings. The van der Waals surface area contributed by atoms with Crippen LogP contribution in [-0.4, -0.2) is 24.8 Å². The summed E-state index contributed by atoms with van der Waals surface area (Å²) in [5.41, 5.74) is 0.720. The minimum Gasteiger partial charge on any atom is -0.493 e. The first kappa shape index (κ1) is 12.5. The molecule has 0 saturated heterocycles. The maximum Gasteiger partial charge on any atom is 0.328 e. The van der Waals surface area contributed by atoms with Gasteiger partial charge in [0.15, 0.2) is 11.5 Å². The number of methoxy groups -OCH3 is 1. The average Bonchev–Trinajstić information content (AvgIpc) is 3.17. The molecule has 4 heteroatoms. The number of hydrogen-bond donors (Lipinski definition) is 1. The van der Waals surface area contributed by atoms with Crippen LogP contribution in [0, 0.1) is 5.92 Å². The van der Waals surface area contributed by atoms with Gasteiger partial charge in [0.05, 0.1) is 13.7 Å². The maximum absolute atomic E-state index is 10.6. The highest BCUT2D eigenvalue weighted by atomic mass is 16.5. The summed E-state index contributed by atoms with van der Waals surface area (Å²) >= 11 is 0. The molecular weight excluding hydrogens is 232 g/mol. The summed E-state index contributed by atoms with van der Waals surface area (Å²) in [5, 5.41) is 8.66. The molecule has 0 unspecified atom stereocenters. The molecule has 2 rings (SSSR count). The number of rotatable bonds is 6. The molecule has 0 spiro atoms. The van der Waals surface area contributed by atoms with Gasteiger partial charge in [-0.1, -0.05) is 12.1 Å². The lowest BCUT2D eigenvalue weighted by Gasteiger charge is -2.12. The van der Waals surface area contributed by atoms with Crippen LogP contribution in [0.1, 0.15) is 18.4 Å². The van der Waals surface area contributed by atoms with Gasteiger partial charge in [-0.15, -0.1) is 0 Å². The molecule has 1 N–H and O–H groups in total. The first-order chi connectivity index (χ1) is 8.70. The largest absolute Gasteiger partial charge is 0.493 e. The van der Waals surface area contributed by atoms with Crippen molar-refractivity contribution < 1.29 is 19.4 Å². The quantitative estimate of drug-likeness (QED) is 0.786. The lowest BCUT2D eigenvalue weighted by Crippen LogP contribution is -2.02. The highest BCUT2D eigenvalue weighted by Crippen LogP contribution is 2.35. The Morgan fingerprint density at radius 3 is 2.89 bits per heavy atom. The van der Waals surface area contributed by atoms with Crippen LogP contribution in [0.3, 0.4) is 0 Å². The monoisotopic (exact) mass is 248 g/mol. The van der Waals surface area contributed by atoms with Crippen molar-refractivity contribution >= 4 is 12.0 Å². The molecule has 0 amide bonds. The highest BCUT2D eigenvalue weighted by molar-refractivity contribution is 5.86. The van der Waals surface area contributed by atoms with E-state index in [0.717, 1.165) is 11.6 Å². The molecule has 0 aliphatic heterocycles. The second kappa shape index (κ2) is 5.58. The van der Waals surface area contributed by atoms with Crippen LogP contribution in [0.25, 0.3) is 6.08 Å². The van der Waals surface area contributed by atoms with Crippen LogP contribution < -0.4 is 9.47 Å². The number of benzene rings is 1. The van der Waals surface area contributed by atoms with Crippen molar-refractivity contribution in [3.05, 3.63) is 29.8 Å². The third kappa shape index (κ3) is 3.26. The van der Waals surface area contributed by atoms with E-state index in [1.165, 1.54) is 18.9 Å². The molecule has 96 valence electrons. The molecule has 1 aromatic rings. The summed E-state index contributed by atoms with van der Waals surface area (Å²) in [5.74, 6) is 0.893. The molecule has 4 nitrogen and oxygen atoms in total. The molecule has 0 aromatic heterocycles. The van der Waals surface area contributed by atoms with E-state index in [0.29, 0.717) is 24.0 Å². The van der Waals surface area contributed by atoms with Crippen LogP contribution in [0.4, 0.5) is 0 Å². The zero-order valence-electron chi connectivity index (χ0n) is 10.3. The van der Waals surface area contributed by atoms with Gasteiger partial charge < -0.3 is 14.6 Å². The average molecular weight is 248 g/mol. The fourth-order valence-corrected chi connectivity index (χ4v) is 1.63. The number of carbonyl (C=O) groups is 1. The van der Waals surface area contributed by atoms with Crippen molar-refractivity contribution in [2.45, 2.75) is 12.8 Å². The molecule has 0 heterocycles. The van der Waals surface area contributed by atoms with E-state index >= 15 is 0 Å². The molecule has 1 aromatic carbocycles. The van der Waals surface area contributed by atoms with E-state index in [1.54, 1.807) is 13.2 Å². The van der Waals surface area contributed by atoms with E-state index in [1.807, 2.05) is 12.1 Å². The van der Waals surface area contributed by atoms with Crippen molar-refractivity contribution in [1.82, 2.24) is 0 Å². The summed E-state index contributed by atoms with van der Waals surface area (Å²) in [6.45, 7) is 0.661. The Balaban J connectivity index is 2.21. The summed E-state index contributed by atoms with van der Waals surface area (Å²) in [7, 11) is 1.57. The van der Waals surface area contributed by atoms with E-state index in [2.05, 4.69) is 0 Å². The number of carboxylic acids is 1. The number of ether oxygens (including phenoxy) is 2. The summed E-state index contributed by atoms with van der Waals surface area (Å²) in [6.07, 6.45) is 5.02. The maximum atomic E-state index is 10.6. The van der Waals surface area contributed by atoms with Gasteiger partial charge in [0, 0.05) is 11.6 Å². The lowest BCUT2D eigenvalue weighted by molar-refractivity contribution is -0.131. The van der Waals surface area contributed by atoms with Crippen molar-refractivity contribution in [1.29, 1.82) is 0 Å². The molecular formula is C14H16O4. The Kier molecular flexibility index (Phi) is 3.87. The zero-order chi connectivity index (χ0) is 13.0. The third-order valence-electron chi connectivity index (χ3n) is 2.80. The van der Waals surface area contributed by atoms with Crippen LogP contribution >= 0.6 is 0 Å². The third-order valence-corrected chi connectivity index (χ3v) is 2.80. The molecule has 1 aliphatic rings. The Morgan fingerprint density at radius 1 is 1.50 bits per heavy atom. The SMILES string of the molecule is COc1cccc(/C=C/C(=O)O)c1OCC1CC1. The molecule has 18 heavy (non-hydrogen) atoms. The summed E-state index contributed by atoms with van der Waals surface area (Å²) in [6, 6.07) is 5.43. The van der Waals surface area contributed by atoms with Gasteiger partial charge in [0.1, 0.15) is 0 Å². The molecule has 0 radical (unpaired) electrons.